The minimum Gasteiger partial charge on any atom is -0.497 e. The lowest BCUT2D eigenvalue weighted by Crippen LogP contribution is -2.44. The molecule has 1 fully saturated rings. The van der Waals surface area contributed by atoms with Crippen LogP contribution >= 0.6 is 0 Å². The van der Waals surface area contributed by atoms with Gasteiger partial charge in [-0.05, 0) is 55.8 Å². The standard InChI is InChI=1S/C29H36BN3O5/c1-3-26(34)24-17-22(36-2)18-25-23(24)5-7-29(35)32(25)13-12-31-10-8-21(9-11-31)33(30)19-20-4-6-27-28(16-20)38-15-14-37-27/h4-7,16-18,21H,3,8-15,19,30H2,1-2H3. The number of nitrogens with zero attached hydrogens (tertiary/aromatic N) is 3. The van der Waals surface area contributed by atoms with Crippen molar-refractivity contribution in [1.29, 1.82) is 0 Å². The lowest BCUT2D eigenvalue weighted by molar-refractivity contribution is 0.0989. The summed E-state index contributed by atoms with van der Waals surface area (Å²) in [4.78, 5) is 30.3. The lowest BCUT2D eigenvalue weighted by atomic mass is 9.98. The fraction of sp³-hybridized carbons (Fsp3) is 0.448. The Morgan fingerprint density at radius 2 is 1.82 bits per heavy atom. The van der Waals surface area contributed by atoms with E-state index in [9.17, 15) is 9.59 Å². The van der Waals surface area contributed by atoms with Gasteiger partial charge in [-0.1, -0.05) is 13.0 Å². The first-order chi connectivity index (χ1) is 18.5. The first kappa shape index (κ1) is 26.3. The predicted octanol–water partition coefficient (Wildman–Crippen LogP) is 2.89. The number of likely N-dealkylation sites (tertiary alicyclic amines) is 1. The molecule has 1 saturated heterocycles. The molecule has 0 spiro atoms. The molecule has 5 rings (SSSR count). The van der Waals surface area contributed by atoms with Gasteiger partial charge in [-0.15, -0.1) is 0 Å². The average molecular weight is 517 g/mol. The Balaban J connectivity index is 1.21. The maximum Gasteiger partial charge on any atom is 0.251 e. The van der Waals surface area contributed by atoms with Crippen molar-refractivity contribution in [2.24, 2.45) is 0 Å². The highest BCUT2D eigenvalue weighted by Gasteiger charge is 2.23. The van der Waals surface area contributed by atoms with E-state index in [2.05, 4.69) is 29.8 Å². The maximum absolute atomic E-state index is 12.9. The van der Waals surface area contributed by atoms with E-state index < -0.39 is 0 Å². The van der Waals surface area contributed by atoms with Gasteiger partial charge >= 0.3 is 0 Å². The van der Waals surface area contributed by atoms with Gasteiger partial charge < -0.3 is 28.5 Å². The van der Waals surface area contributed by atoms with Crippen LogP contribution in [0.3, 0.4) is 0 Å². The van der Waals surface area contributed by atoms with Gasteiger partial charge in [0.1, 0.15) is 19.0 Å². The zero-order valence-electron chi connectivity index (χ0n) is 22.6. The van der Waals surface area contributed by atoms with Crippen molar-refractivity contribution in [3.8, 4) is 17.2 Å². The van der Waals surface area contributed by atoms with Crippen molar-refractivity contribution < 1.29 is 19.0 Å². The molecule has 3 aromatic rings. The minimum absolute atomic E-state index is 0.0431. The quantitative estimate of drug-likeness (QED) is 0.319. The first-order valence-corrected chi connectivity index (χ1v) is 13.5. The molecule has 0 radical (unpaired) electrons. The topological polar surface area (TPSA) is 73.2 Å². The highest BCUT2D eigenvalue weighted by Crippen LogP contribution is 2.31. The van der Waals surface area contributed by atoms with Crippen LogP contribution in [0.25, 0.3) is 10.9 Å². The number of pyridine rings is 1. The van der Waals surface area contributed by atoms with Gasteiger partial charge in [0.2, 0.25) is 0 Å². The summed E-state index contributed by atoms with van der Waals surface area (Å²) in [6.45, 7) is 7.24. The molecule has 0 aliphatic carbocycles. The highest BCUT2D eigenvalue weighted by atomic mass is 16.6. The molecule has 8 nitrogen and oxygen atoms in total. The smallest absolute Gasteiger partial charge is 0.251 e. The molecule has 1 aromatic heterocycles. The van der Waals surface area contributed by atoms with E-state index in [1.165, 1.54) is 5.56 Å². The zero-order chi connectivity index (χ0) is 26.6. The van der Waals surface area contributed by atoms with Crippen molar-refractivity contribution in [3.63, 3.8) is 0 Å². The molecule has 0 saturated carbocycles. The van der Waals surface area contributed by atoms with Crippen LogP contribution in [-0.2, 0) is 13.1 Å². The van der Waals surface area contributed by atoms with E-state index in [1.807, 2.05) is 19.1 Å². The van der Waals surface area contributed by atoms with Crippen LogP contribution < -0.4 is 19.8 Å². The lowest BCUT2D eigenvalue weighted by Gasteiger charge is -2.37. The Morgan fingerprint density at radius 3 is 2.55 bits per heavy atom. The van der Waals surface area contributed by atoms with E-state index in [1.54, 1.807) is 29.9 Å². The normalized spacial score (nSPS) is 16.2. The molecule has 0 unspecified atom stereocenters. The summed E-state index contributed by atoms with van der Waals surface area (Å²) in [5, 5.41) is 0.803. The molecule has 9 heteroatoms. The molecule has 0 N–H and O–H groups in total. The van der Waals surface area contributed by atoms with Crippen molar-refractivity contribution in [3.05, 3.63) is 63.9 Å². The van der Waals surface area contributed by atoms with Gasteiger partial charge in [0.05, 0.1) is 12.6 Å². The molecule has 2 aromatic carbocycles. The largest absolute Gasteiger partial charge is 0.497 e. The number of piperidine rings is 1. The number of methoxy groups -OCH3 is 1. The van der Waals surface area contributed by atoms with E-state index in [4.69, 9.17) is 14.2 Å². The van der Waals surface area contributed by atoms with Crippen LogP contribution in [0.1, 0.15) is 42.1 Å². The van der Waals surface area contributed by atoms with E-state index in [0.29, 0.717) is 43.5 Å². The molecule has 3 heterocycles. The number of aromatic nitrogens is 1. The number of ketones is 1. The molecule has 200 valence electrons. The van der Waals surface area contributed by atoms with E-state index in [0.717, 1.165) is 61.4 Å². The average Bonchev–Trinajstić information content (AvgIpc) is 2.95. The summed E-state index contributed by atoms with van der Waals surface area (Å²) in [5.74, 6) is 2.30. The van der Waals surface area contributed by atoms with Gasteiger partial charge in [0, 0.05) is 55.2 Å². The molecule has 2 aliphatic rings. The number of benzene rings is 2. The van der Waals surface area contributed by atoms with E-state index >= 15 is 0 Å². The van der Waals surface area contributed by atoms with Crippen LogP contribution in [0.2, 0.25) is 0 Å². The maximum atomic E-state index is 12.9. The summed E-state index contributed by atoms with van der Waals surface area (Å²) in [5.41, 5.74) is 2.53. The Morgan fingerprint density at radius 1 is 1.05 bits per heavy atom. The number of Topliss-reactive ketones (excluding diaryl/α,β-unsaturated/α-hetero) is 1. The number of hydrogen-bond donors (Lipinski definition) is 0. The van der Waals surface area contributed by atoms with Crippen molar-refractivity contribution >= 4 is 24.7 Å². The van der Waals surface area contributed by atoms with Gasteiger partial charge in [-0.3, -0.25) is 9.59 Å². The molecule has 0 atom stereocenters. The third kappa shape index (κ3) is 5.59. The molecule has 0 amide bonds. The fourth-order valence-electron chi connectivity index (χ4n) is 5.57. The molecular weight excluding hydrogens is 481 g/mol. The number of rotatable bonds is 9. The fourth-order valence-corrected chi connectivity index (χ4v) is 5.57. The molecule has 0 bridgehead atoms. The van der Waals surface area contributed by atoms with Crippen molar-refractivity contribution in [2.75, 3.05) is 40.0 Å². The van der Waals surface area contributed by atoms with Crippen LogP contribution in [0.15, 0.2) is 47.3 Å². The summed E-state index contributed by atoms with van der Waals surface area (Å²) in [6.07, 6.45) is 2.56. The van der Waals surface area contributed by atoms with Crippen LogP contribution in [0.5, 0.6) is 17.2 Å². The first-order valence-electron chi connectivity index (χ1n) is 13.5. The number of ether oxygens (including phenoxy) is 3. The van der Waals surface area contributed by atoms with Crippen molar-refractivity contribution in [2.45, 2.75) is 45.3 Å². The number of hydrogen-bond acceptors (Lipinski definition) is 7. The SMILES string of the molecule is BN(Cc1ccc2c(c1)OCCO2)C1CCN(CCn2c(=O)ccc3c(C(=O)CC)cc(OC)cc32)CC1. The summed E-state index contributed by atoms with van der Waals surface area (Å²) in [7, 11) is 3.77. The van der Waals surface area contributed by atoms with Crippen LogP contribution in [-0.4, -0.2) is 74.0 Å². The molecule has 38 heavy (non-hydrogen) atoms. The Hall–Kier alpha value is -3.30. The minimum atomic E-state index is -0.0605. The second-order valence-corrected chi connectivity index (χ2v) is 10.2. The van der Waals surface area contributed by atoms with Crippen molar-refractivity contribution in [1.82, 2.24) is 14.3 Å². The van der Waals surface area contributed by atoms with Gasteiger partial charge in [0.15, 0.2) is 25.3 Å². The summed E-state index contributed by atoms with van der Waals surface area (Å²) >= 11 is 0. The molecular formula is C29H36BN3O5. The van der Waals surface area contributed by atoms with Gasteiger partial charge in [0.25, 0.3) is 5.56 Å². The van der Waals surface area contributed by atoms with Gasteiger partial charge in [-0.25, -0.2) is 0 Å². The predicted molar refractivity (Wildman–Crippen MR) is 150 cm³/mol. The third-order valence-electron chi connectivity index (χ3n) is 7.80. The van der Waals surface area contributed by atoms with Gasteiger partial charge in [-0.2, -0.15) is 0 Å². The Bertz CT molecular complexity index is 1370. The van der Waals surface area contributed by atoms with Crippen LogP contribution in [0, 0.1) is 0 Å². The number of fused-ring (bicyclic) bond motifs is 2. The summed E-state index contributed by atoms with van der Waals surface area (Å²) < 4.78 is 18.6. The van der Waals surface area contributed by atoms with Crippen LogP contribution in [0.4, 0.5) is 0 Å². The Kier molecular flexibility index (Phi) is 8.05. The number of carbonyl (C=O) groups excluding carboxylic acids is 1. The van der Waals surface area contributed by atoms with E-state index in [-0.39, 0.29) is 11.3 Å². The monoisotopic (exact) mass is 517 g/mol. The second-order valence-electron chi connectivity index (χ2n) is 10.2. The summed E-state index contributed by atoms with van der Waals surface area (Å²) in [6, 6.07) is 13.7. The number of carbonyl (C=O) groups is 1. The highest BCUT2D eigenvalue weighted by molar-refractivity contribution is 6.08. The zero-order valence-corrected chi connectivity index (χ0v) is 22.6. The Labute approximate surface area is 224 Å². The molecule has 2 aliphatic heterocycles. The second kappa shape index (κ2) is 11.6. The third-order valence-corrected chi connectivity index (χ3v) is 7.80.